The Balaban J connectivity index is 2.11. The van der Waals surface area contributed by atoms with Crippen LogP contribution < -0.4 is 10.2 Å². The van der Waals surface area contributed by atoms with E-state index in [9.17, 15) is 9.90 Å². The summed E-state index contributed by atoms with van der Waals surface area (Å²) >= 11 is 0. The Labute approximate surface area is 130 Å². The van der Waals surface area contributed by atoms with Crippen LogP contribution in [0.25, 0.3) is 0 Å². The molecule has 4 nitrogen and oxygen atoms in total. The normalized spacial score (nSPS) is 13.8. The van der Waals surface area contributed by atoms with Crippen LogP contribution in [-0.4, -0.2) is 18.1 Å². The fraction of sp³-hybridized carbons (Fsp3) is 0.278. The third-order valence-electron chi connectivity index (χ3n) is 4.21. The number of carboxylic acids is 1. The first-order valence-electron chi connectivity index (χ1n) is 7.59. The lowest BCUT2D eigenvalue weighted by molar-refractivity contribution is -0.139. The molecule has 1 atom stereocenters. The van der Waals surface area contributed by atoms with Crippen molar-refractivity contribution in [1.29, 1.82) is 0 Å². The maximum Gasteiger partial charge on any atom is 0.311 e. The third kappa shape index (κ3) is 2.30. The van der Waals surface area contributed by atoms with E-state index in [1.165, 1.54) is 0 Å². The quantitative estimate of drug-likeness (QED) is 0.873. The van der Waals surface area contributed by atoms with Crippen LogP contribution in [0.15, 0.2) is 42.5 Å². The summed E-state index contributed by atoms with van der Waals surface area (Å²) in [5.41, 5.74) is 4.87. The molecule has 4 heteroatoms. The van der Waals surface area contributed by atoms with Crippen LogP contribution >= 0.6 is 0 Å². The zero-order chi connectivity index (χ0) is 15.7. The van der Waals surface area contributed by atoms with E-state index >= 15 is 0 Å². The number of anilines is 4. The molecule has 0 aliphatic carbocycles. The van der Waals surface area contributed by atoms with Crippen LogP contribution in [-0.2, 0) is 4.79 Å². The van der Waals surface area contributed by atoms with Gasteiger partial charge in [-0.3, -0.25) is 4.79 Å². The molecule has 0 saturated carbocycles. The van der Waals surface area contributed by atoms with Crippen LogP contribution in [0.4, 0.5) is 22.7 Å². The van der Waals surface area contributed by atoms with Crippen molar-refractivity contribution in [2.75, 3.05) is 17.3 Å². The van der Waals surface area contributed by atoms with Gasteiger partial charge in [0.05, 0.1) is 28.7 Å². The summed E-state index contributed by atoms with van der Waals surface area (Å²) in [4.78, 5) is 13.8. The first kappa shape index (κ1) is 14.4. The number of nitrogens with one attached hydrogen (secondary N) is 1. The number of hydrogen-bond acceptors (Lipinski definition) is 3. The lowest BCUT2D eigenvalue weighted by Crippen LogP contribution is -2.21. The van der Waals surface area contributed by atoms with Crippen molar-refractivity contribution in [1.82, 2.24) is 0 Å². The Hall–Kier alpha value is -2.49. The molecule has 1 aliphatic rings. The van der Waals surface area contributed by atoms with Gasteiger partial charge in [0.15, 0.2) is 0 Å². The minimum Gasteiger partial charge on any atom is -0.481 e. The summed E-state index contributed by atoms with van der Waals surface area (Å²) < 4.78 is 0. The number of hydrogen-bond donors (Lipinski definition) is 2. The summed E-state index contributed by atoms with van der Waals surface area (Å²) in [5.74, 6) is -1.25. The number of nitrogens with zero attached hydrogens (tertiary/aromatic N) is 1. The maximum atomic E-state index is 11.7. The monoisotopic (exact) mass is 296 g/mol. The van der Waals surface area contributed by atoms with Gasteiger partial charge in [-0.2, -0.15) is 0 Å². The van der Waals surface area contributed by atoms with Crippen molar-refractivity contribution >= 4 is 28.7 Å². The van der Waals surface area contributed by atoms with Gasteiger partial charge < -0.3 is 15.3 Å². The van der Waals surface area contributed by atoms with Gasteiger partial charge in [-0.1, -0.05) is 37.6 Å². The van der Waals surface area contributed by atoms with Gasteiger partial charge in [-0.25, -0.2) is 0 Å². The van der Waals surface area contributed by atoms with Crippen LogP contribution in [0.5, 0.6) is 0 Å². The van der Waals surface area contributed by atoms with E-state index in [0.717, 1.165) is 34.7 Å². The molecule has 2 aromatic carbocycles. The number of carboxylic acid groups (broad SMARTS) is 1. The smallest absolute Gasteiger partial charge is 0.311 e. The predicted octanol–water partition coefficient (Wildman–Crippen LogP) is 4.48. The Morgan fingerprint density at radius 2 is 1.91 bits per heavy atom. The predicted molar refractivity (Wildman–Crippen MR) is 89.5 cm³/mol. The Morgan fingerprint density at radius 3 is 2.64 bits per heavy atom. The lowest BCUT2D eigenvalue weighted by atomic mass is 9.91. The highest BCUT2D eigenvalue weighted by Gasteiger charge is 2.27. The minimum absolute atomic E-state index is 0.480. The maximum absolute atomic E-state index is 11.7. The highest BCUT2D eigenvalue weighted by Crippen LogP contribution is 2.46. The second-order valence-electron chi connectivity index (χ2n) is 5.62. The molecule has 1 unspecified atom stereocenters. The summed E-state index contributed by atoms with van der Waals surface area (Å²) in [6, 6.07) is 13.9. The number of benzene rings is 2. The van der Waals surface area contributed by atoms with Crippen molar-refractivity contribution < 1.29 is 9.90 Å². The molecule has 114 valence electrons. The highest BCUT2D eigenvalue weighted by molar-refractivity contribution is 5.94. The molecule has 3 rings (SSSR count). The summed E-state index contributed by atoms with van der Waals surface area (Å²) in [7, 11) is 2.01. The molecule has 1 heterocycles. The first-order chi connectivity index (χ1) is 10.6. The van der Waals surface area contributed by atoms with Gasteiger partial charge in [0, 0.05) is 7.05 Å². The van der Waals surface area contributed by atoms with Crippen molar-refractivity contribution in [3.05, 3.63) is 48.0 Å². The van der Waals surface area contributed by atoms with Gasteiger partial charge in [0.1, 0.15) is 0 Å². The third-order valence-corrected chi connectivity index (χ3v) is 4.21. The second kappa shape index (κ2) is 5.72. The average Bonchev–Trinajstić information content (AvgIpc) is 2.52. The number of rotatable bonds is 4. The van der Waals surface area contributed by atoms with Gasteiger partial charge >= 0.3 is 5.97 Å². The van der Waals surface area contributed by atoms with Crippen LogP contribution in [0, 0.1) is 0 Å². The number of carbonyl (C=O) groups is 1. The van der Waals surface area contributed by atoms with Crippen LogP contribution in [0.1, 0.15) is 31.2 Å². The molecular formula is C18H20N2O2. The summed E-state index contributed by atoms with van der Waals surface area (Å²) in [6.45, 7) is 2.01. The Kier molecular flexibility index (Phi) is 3.75. The van der Waals surface area contributed by atoms with Crippen molar-refractivity contribution in [2.45, 2.75) is 25.7 Å². The average molecular weight is 296 g/mol. The molecule has 22 heavy (non-hydrogen) atoms. The molecule has 0 amide bonds. The minimum atomic E-state index is -0.765. The molecule has 0 fully saturated rings. The van der Waals surface area contributed by atoms with Gasteiger partial charge in [-0.05, 0) is 30.2 Å². The first-order valence-corrected chi connectivity index (χ1v) is 7.59. The van der Waals surface area contributed by atoms with E-state index in [1.807, 2.05) is 50.4 Å². The molecule has 2 N–H and O–H groups in total. The molecule has 0 saturated heterocycles. The van der Waals surface area contributed by atoms with E-state index in [4.69, 9.17) is 0 Å². The van der Waals surface area contributed by atoms with Crippen LogP contribution in [0.3, 0.4) is 0 Å². The molecule has 1 aliphatic heterocycles. The SMILES string of the molecule is CCCC(C(=O)O)c1cccc2c1Nc1ccccc1N2C. The molecular weight excluding hydrogens is 276 g/mol. The van der Waals surface area contributed by atoms with Gasteiger partial charge in [0.2, 0.25) is 0 Å². The molecule has 0 spiro atoms. The summed E-state index contributed by atoms with van der Waals surface area (Å²) in [6.07, 6.45) is 1.48. The fourth-order valence-electron chi connectivity index (χ4n) is 3.10. The zero-order valence-corrected chi connectivity index (χ0v) is 12.8. The van der Waals surface area contributed by atoms with Crippen molar-refractivity contribution in [2.24, 2.45) is 0 Å². The lowest BCUT2D eigenvalue weighted by Gasteiger charge is -2.33. The van der Waals surface area contributed by atoms with E-state index < -0.39 is 11.9 Å². The highest BCUT2D eigenvalue weighted by atomic mass is 16.4. The van der Waals surface area contributed by atoms with E-state index in [2.05, 4.69) is 16.3 Å². The summed E-state index contributed by atoms with van der Waals surface area (Å²) in [5, 5.41) is 13.0. The van der Waals surface area contributed by atoms with Gasteiger partial charge in [0.25, 0.3) is 0 Å². The van der Waals surface area contributed by atoms with Gasteiger partial charge in [-0.15, -0.1) is 0 Å². The second-order valence-corrected chi connectivity index (χ2v) is 5.62. The topological polar surface area (TPSA) is 52.6 Å². The Morgan fingerprint density at radius 1 is 1.18 bits per heavy atom. The fourth-order valence-corrected chi connectivity index (χ4v) is 3.10. The molecule has 0 radical (unpaired) electrons. The number of fused-ring (bicyclic) bond motifs is 2. The Bertz CT molecular complexity index is 712. The van der Waals surface area contributed by atoms with Crippen LogP contribution in [0.2, 0.25) is 0 Å². The number of para-hydroxylation sites is 3. The largest absolute Gasteiger partial charge is 0.481 e. The van der Waals surface area contributed by atoms with E-state index in [1.54, 1.807) is 0 Å². The molecule has 2 aromatic rings. The molecule has 0 aromatic heterocycles. The van der Waals surface area contributed by atoms with E-state index in [-0.39, 0.29) is 0 Å². The van der Waals surface area contributed by atoms with E-state index in [0.29, 0.717) is 6.42 Å². The molecule has 0 bridgehead atoms. The zero-order valence-electron chi connectivity index (χ0n) is 12.8. The standard InChI is InChI=1S/C18H20N2O2/c1-3-7-13(18(21)22)12-8-6-11-16-17(12)19-14-9-4-5-10-15(14)20(16)2/h4-6,8-11,13,19H,3,7H2,1-2H3,(H,21,22). The van der Waals surface area contributed by atoms with Crippen molar-refractivity contribution in [3.8, 4) is 0 Å². The van der Waals surface area contributed by atoms with Crippen molar-refractivity contribution in [3.63, 3.8) is 0 Å². The number of aliphatic carboxylic acids is 1.